The molecule has 3 heteroatoms. The van der Waals surface area contributed by atoms with E-state index >= 15 is 0 Å². The summed E-state index contributed by atoms with van der Waals surface area (Å²) in [6.45, 7) is 20.4. The summed E-state index contributed by atoms with van der Waals surface area (Å²) in [6.07, 6.45) is 16.1. The highest BCUT2D eigenvalue weighted by molar-refractivity contribution is 4.96. The molecule has 0 aromatic carbocycles. The predicted molar refractivity (Wildman–Crippen MR) is 133 cm³/mol. The molecule has 0 saturated carbocycles. The van der Waals surface area contributed by atoms with Crippen molar-refractivity contribution in [1.29, 1.82) is 0 Å². The molecular formula is C26H55N3. The lowest BCUT2D eigenvalue weighted by Gasteiger charge is -2.30. The lowest BCUT2D eigenvalue weighted by molar-refractivity contribution is 0.243. The number of nitrogens with one attached hydrogen (secondary N) is 1. The number of nitrogens with zero attached hydrogens (tertiary/aromatic N) is 2. The minimum absolute atomic E-state index is 0.786. The van der Waals surface area contributed by atoms with Crippen molar-refractivity contribution in [3.8, 4) is 0 Å². The van der Waals surface area contributed by atoms with Crippen molar-refractivity contribution in [2.75, 3.05) is 46.3 Å². The van der Waals surface area contributed by atoms with Crippen LogP contribution in [0, 0.1) is 5.92 Å². The molecule has 3 nitrogen and oxygen atoms in total. The molecule has 0 unspecified atom stereocenters. The number of rotatable bonds is 22. The summed E-state index contributed by atoms with van der Waals surface area (Å²) < 4.78 is 0. The first-order valence-electron chi connectivity index (χ1n) is 12.9. The average molecular weight is 410 g/mol. The van der Waals surface area contributed by atoms with E-state index in [2.05, 4.69) is 56.4 Å². The summed E-state index contributed by atoms with van der Waals surface area (Å²) in [5.41, 5.74) is 1.28. The Morgan fingerprint density at radius 3 is 1.97 bits per heavy atom. The zero-order chi connectivity index (χ0) is 21.7. The van der Waals surface area contributed by atoms with Gasteiger partial charge in [0.1, 0.15) is 0 Å². The van der Waals surface area contributed by atoms with Crippen molar-refractivity contribution < 1.29 is 0 Å². The third-order valence-electron chi connectivity index (χ3n) is 6.27. The van der Waals surface area contributed by atoms with Crippen LogP contribution >= 0.6 is 0 Å². The molecule has 0 aromatic heterocycles. The lowest BCUT2D eigenvalue weighted by atomic mass is 10.0. The Morgan fingerprint density at radius 1 is 0.759 bits per heavy atom. The van der Waals surface area contributed by atoms with Crippen LogP contribution in [-0.4, -0.2) is 56.1 Å². The van der Waals surface area contributed by atoms with E-state index in [4.69, 9.17) is 0 Å². The summed E-state index contributed by atoms with van der Waals surface area (Å²) in [5, 5.41) is 3.64. The Bertz CT molecular complexity index is 352. The fraction of sp³-hybridized carbons (Fsp3) is 0.923. The first-order chi connectivity index (χ1) is 14.1. The van der Waals surface area contributed by atoms with E-state index in [1.807, 2.05) is 0 Å². The largest absolute Gasteiger partial charge is 0.377 e. The molecule has 29 heavy (non-hydrogen) atoms. The van der Waals surface area contributed by atoms with Crippen molar-refractivity contribution in [1.82, 2.24) is 15.1 Å². The normalized spacial score (nSPS) is 11.6. The molecule has 0 amide bonds. The van der Waals surface area contributed by atoms with Crippen LogP contribution < -0.4 is 5.32 Å². The first-order valence-corrected chi connectivity index (χ1v) is 12.9. The van der Waals surface area contributed by atoms with Crippen LogP contribution in [0.1, 0.15) is 105 Å². The van der Waals surface area contributed by atoms with Gasteiger partial charge in [0.25, 0.3) is 0 Å². The van der Waals surface area contributed by atoms with Gasteiger partial charge >= 0.3 is 0 Å². The quantitative estimate of drug-likeness (QED) is 0.201. The molecule has 0 heterocycles. The number of likely N-dealkylation sites (N-methyl/N-ethyl adjacent to an activating group) is 1. The van der Waals surface area contributed by atoms with Crippen LogP contribution in [0.2, 0.25) is 0 Å². The Hall–Kier alpha value is -0.540. The molecule has 0 aromatic rings. The molecule has 0 aliphatic heterocycles. The van der Waals surface area contributed by atoms with Gasteiger partial charge in [0.05, 0.1) is 0 Å². The molecule has 0 radical (unpaired) electrons. The average Bonchev–Trinajstić information content (AvgIpc) is 2.73. The zero-order valence-electron chi connectivity index (χ0n) is 20.9. The second-order valence-corrected chi connectivity index (χ2v) is 8.98. The molecular weight excluding hydrogens is 354 g/mol. The summed E-state index contributed by atoms with van der Waals surface area (Å²) >= 11 is 0. The van der Waals surface area contributed by atoms with E-state index in [0.29, 0.717) is 0 Å². The van der Waals surface area contributed by atoms with Crippen molar-refractivity contribution in [3.63, 3.8) is 0 Å². The van der Waals surface area contributed by atoms with Gasteiger partial charge in [-0.3, -0.25) is 4.90 Å². The van der Waals surface area contributed by atoms with Crippen LogP contribution in [0.15, 0.2) is 12.3 Å². The fourth-order valence-corrected chi connectivity index (χ4v) is 3.87. The Balaban J connectivity index is 4.31. The highest BCUT2D eigenvalue weighted by Gasteiger charge is 2.12. The zero-order valence-corrected chi connectivity index (χ0v) is 20.9. The van der Waals surface area contributed by atoms with Gasteiger partial charge in [0.15, 0.2) is 0 Å². The van der Waals surface area contributed by atoms with E-state index in [1.54, 1.807) is 0 Å². The predicted octanol–water partition coefficient (Wildman–Crippen LogP) is 6.70. The standard InChI is InChI=1S/C26H55N3/c1-7-11-13-14-15-16-18-21-29(22-20-27-19-17-12-8-2)23-25(5)28(6)24-26(9-3)10-4/h26-27H,5,7-24H2,1-4,6H3. The van der Waals surface area contributed by atoms with Crippen LogP contribution in [0.5, 0.6) is 0 Å². The van der Waals surface area contributed by atoms with Crippen LogP contribution in [0.25, 0.3) is 0 Å². The van der Waals surface area contributed by atoms with E-state index in [-0.39, 0.29) is 0 Å². The fourth-order valence-electron chi connectivity index (χ4n) is 3.87. The minimum atomic E-state index is 0.786. The highest BCUT2D eigenvalue weighted by atomic mass is 15.2. The molecule has 0 aliphatic rings. The third kappa shape index (κ3) is 16.9. The highest BCUT2D eigenvalue weighted by Crippen LogP contribution is 2.13. The molecule has 0 saturated heterocycles. The van der Waals surface area contributed by atoms with Crippen LogP contribution in [-0.2, 0) is 0 Å². The van der Waals surface area contributed by atoms with Gasteiger partial charge in [-0.25, -0.2) is 0 Å². The van der Waals surface area contributed by atoms with Crippen molar-refractivity contribution >= 4 is 0 Å². The smallest absolute Gasteiger partial charge is 0.0378 e. The lowest BCUT2D eigenvalue weighted by Crippen LogP contribution is -2.37. The minimum Gasteiger partial charge on any atom is -0.377 e. The van der Waals surface area contributed by atoms with E-state index < -0.39 is 0 Å². The van der Waals surface area contributed by atoms with E-state index in [9.17, 15) is 0 Å². The molecule has 0 rings (SSSR count). The molecule has 0 atom stereocenters. The SMILES string of the molecule is C=C(CN(CCCCCCCCC)CCNCCCCC)N(C)CC(CC)CC. The van der Waals surface area contributed by atoms with Gasteiger partial charge in [0.2, 0.25) is 0 Å². The van der Waals surface area contributed by atoms with Gasteiger partial charge in [-0.2, -0.15) is 0 Å². The van der Waals surface area contributed by atoms with Gasteiger partial charge in [-0.1, -0.05) is 98.5 Å². The summed E-state index contributed by atoms with van der Waals surface area (Å²) in [5.74, 6) is 0.786. The Labute approximate surface area is 184 Å². The molecule has 0 spiro atoms. The number of unbranched alkanes of at least 4 members (excludes halogenated alkanes) is 8. The van der Waals surface area contributed by atoms with Crippen molar-refractivity contribution in [2.45, 2.75) is 105 Å². The summed E-state index contributed by atoms with van der Waals surface area (Å²) in [7, 11) is 2.23. The molecule has 1 N–H and O–H groups in total. The van der Waals surface area contributed by atoms with Gasteiger partial charge in [-0.05, 0) is 31.8 Å². The van der Waals surface area contributed by atoms with E-state index in [0.717, 1.165) is 38.6 Å². The maximum absolute atomic E-state index is 4.43. The summed E-state index contributed by atoms with van der Waals surface area (Å²) in [4.78, 5) is 5.04. The van der Waals surface area contributed by atoms with Crippen molar-refractivity contribution in [3.05, 3.63) is 12.3 Å². The molecule has 174 valence electrons. The third-order valence-corrected chi connectivity index (χ3v) is 6.27. The van der Waals surface area contributed by atoms with E-state index in [1.165, 1.54) is 89.3 Å². The van der Waals surface area contributed by atoms with Gasteiger partial charge in [-0.15, -0.1) is 0 Å². The molecule has 0 aliphatic carbocycles. The van der Waals surface area contributed by atoms with Crippen molar-refractivity contribution in [2.24, 2.45) is 5.92 Å². The second kappa shape index (κ2) is 20.7. The first kappa shape index (κ1) is 28.5. The topological polar surface area (TPSA) is 18.5 Å². The second-order valence-electron chi connectivity index (χ2n) is 8.98. The molecule has 0 bridgehead atoms. The van der Waals surface area contributed by atoms with Crippen LogP contribution in [0.4, 0.5) is 0 Å². The molecule has 0 fully saturated rings. The number of hydrogen-bond donors (Lipinski definition) is 1. The summed E-state index contributed by atoms with van der Waals surface area (Å²) in [6, 6.07) is 0. The van der Waals surface area contributed by atoms with Crippen LogP contribution in [0.3, 0.4) is 0 Å². The number of hydrogen-bond acceptors (Lipinski definition) is 3. The van der Waals surface area contributed by atoms with Gasteiger partial charge < -0.3 is 10.2 Å². The Kier molecular flexibility index (Phi) is 20.3. The maximum Gasteiger partial charge on any atom is 0.0378 e. The maximum atomic E-state index is 4.43. The monoisotopic (exact) mass is 409 g/mol. The Morgan fingerprint density at radius 2 is 1.34 bits per heavy atom. The van der Waals surface area contributed by atoms with Gasteiger partial charge in [0, 0.05) is 38.9 Å².